The molecule has 1 aliphatic carbocycles. The normalized spacial score (nSPS) is 29.7. The number of nitrogens with zero attached hydrogens (tertiary/aromatic N) is 1. The van der Waals surface area contributed by atoms with Gasteiger partial charge in [-0.05, 0) is 42.5 Å². The minimum absolute atomic E-state index is 0.0204. The molecule has 0 aromatic heterocycles. The quantitative estimate of drug-likeness (QED) is 0.901. The maximum Gasteiger partial charge on any atom is 0.238 e. The minimum Gasteiger partial charge on any atom is -0.496 e. The first-order valence-corrected chi connectivity index (χ1v) is 6.81. The summed E-state index contributed by atoms with van der Waals surface area (Å²) in [5.41, 5.74) is 2.24. The van der Waals surface area contributed by atoms with E-state index < -0.39 is 0 Å². The molecule has 0 bridgehead atoms. The van der Waals surface area contributed by atoms with E-state index in [0.29, 0.717) is 18.5 Å². The second-order valence-corrected chi connectivity index (χ2v) is 5.59. The standard InChI is InChI=1S/C15H20N2O2/c1-9-7-12(9)17-14(18)8-16-15(17)11-4-5-13(19-3)10(2)6-11/h4-6,9,12,15-16H,7-8H2,1-3H3. The molecule has 3 atom stereocenters. The van der Waals surface area contributed by atoms with Crippen molar-refractivity contribution in [1.29, 1.82) is 0 Å². The van der Waals surface area contributed by atoms with Crippen LogP contribution in [0.3, 0.4) is 0 Å². The van der Waals surface area contributed by atoms with Crippen LogP contribution in [0.4, 0.5) is 0 Å². The second-order valence-electron chi connectivity index (χ2n) is 5.59. The number of methoxy groups -OCH3 is 1. The third-order valence-corrected chi connectivity index (χ3v) is 4.17. The Labute approximate surface area is 113 Å². The number of ether oxygens (including phenoxy) is 1. The molecule has 3 unspecified atom stereocenters. The first-order chi connectivity index (χ1) is 9.11. The van der Waals surface area contributed by atoms with Crippen molar-refractivity contribution in [2.45, 2.75) is 32.5 Å². The van der Waals surface area contributed by atoms with E-state index in [-0.39, 0.29) is 12.1 Å². The number of nitrogens with one attached hydrogen (secondary N) is 1. The maximum absolute atomic E-state index is 12.0. The van der Waals surface area contributed by atoms with Crippen LogP contribution in [0, 0.1) is 12.8 Å². The van der Waals surface area contributed by atoms with Gasteiger partial charge in [0.05, 0.1) is 13.7 Å². The van der Waals surface area contributed by atoms with E-state index in [4.69, 9.17) is 4.74 Å². The van der Waals surface area contributed by atoms with E-state index in [9.17, 15) is 4.79 Å². The molecule has 3 rings (SSSR count). The van der Waals surface area contributed by atoms with E-state index in [2.05, 4.69) is 18.3 Å². The number of aryl methyl sites for hydroxylation is 1. The van der Waals surface area contributed by atoms with Crippen LogP contribution >= 0.6 is 0 Å². The van der Waals surface area contributed by atoms with E-state index in [1.165, 1.54) is 0 Å². The third-order valence-electron chi connectivity index (χ3n) is 4.17. The lowest BCUT2D eigenvalue weighted by Gasteiger charge is -2.25. The number of amides is 1. The van der Waals surface area contributed by atoms with Crippen LogP contribution < -0.4 is 10.1 Å². The molecule has 1 aromatic rings. The summed E-state index contributed by atoms with van der Waals surface area (Å²) in [6.45, 7) is 4.68. The predicted octanol–water partition coefficient (Wildman–Crippen LogP) is 1.84. The van der Waals surface area contributed by atoms with Crippen molar-refractivity contribution in [1.82, 2.24) is 10.2 Å². The topological polar surface area (TPSA) is 41.6 Å². The lowest BCUT2D eigenvalue weighted by atomic mass is 10.1. The Morgan fingerprint density at radius 2 is 2.16 bits per heavy atom. The first-order valence-electron chi connectivity index (χ1n) is 6.81. The number of benzene rings is 1. The number of hydrogen-bond donors (Lipinski definition) is 1. The Hall–Kier alpha value is -1.55. The summed E-state index contributed by atoms with van der Waals surface area (Å²) in [5, 5.41) is 3.31. The van der Waals surface area contributed by atoms with Gasteiger partial charge in [0.15, 0.2) is 0 Å². The van der Waals surface area contributed by atoms with Crippen LogP contribution in [0.1, 0.15) is 30.6 Å². The molecule has 4 heteroatoms. The van der Waals surface area contributed by atoms with Crippen molar-refractivity contribution < 1.29 is 9.53 Å². The largest absolute Gasteiger partial charge is 0.496 e. The Balaban J connectivity index is 1.88. The summed E-state index contributed by atoms with van der Waals surface area (Å²) >= 11 is 0. The fraction of sp³-hybridized carbons (Fsp3) is 0.533. The van der Waals surface area contributed by atoms with Crippen LogP contribution in [-0.2, 0) is 4.79 Å². The Bertz CT molecular complexity index is 515. The number of carbonyl (C=O) groups is 1. The molecule has 102 valence electrons. The predicted molar refractivity (Wildman–Crippen MR) is 72.9 cm³/mol. The van der Waals surface area contributed by atoms with Gasteiger partial charge in [-0.2, -0.15) is 0 Å². The van der Waals surface area contributed by atoms with Crippen LogP contribution in [0.5, 0.6) is 5.75 Å². The minimum atomic E-state index is 0.0204. The molecule has 1 heterocycles. The van der Waals surface area contributed by atoms with Gasteiger partial charge in [0, 0.05) is 6.04 Å². The molecule has 1 N–H and O–H groups in total. The molecule has 1 saturated carbocycles. The molecule has 0 spiro atoms. The van der Waals surface area contributed by atoms with Gasteiger partial charge in [-0.3, -0.25) is 10.1 Å². The Morgan fingerprint density at radius 1 is 1.42 bits per heavy atom. The number of carbonyl (C=O) groups excluding carboxylic acids is 1. The van der Waals surface area contributed by atoms with E-state index in [1.54, 1.807) is 7.11 Å². The monoisotopic (exact) mass is 260 g/mol. The molecule has 4 nitrogen and oxygen atoms in total. The van der Waals surface area contributed by atoms with Crippen LogP contribution in [0.15, 0.2) is 18.2 Å². The fourth-order valence-electron chi connectivity index (χ4n) is 2.93. The molecule has 2 aliphatic rings. The van der Waals surface area contributed by atoms with Crippen LogP contribution in [0.2, 0.25) is 0 Å². The van der Waals surface area contributed by atoms with Gasteiger partial charge in [-0.15, -0.1) is 0 Å². The van der Waals surface area contributed by atoms with E-state index in [1.807, 2.05) is 24.0 Å². The van der Waals surface area contributed by atoms with Crippen LogP contribution in [-0.4, -0.2) is 30.5 Å². The lowest BCUT2D eigenvalue weighted by molar-refractivity contribution is -0.128. The third kappa shape index (κ3) is 2.10. The highest BCUT2D eigenvalue weighted by atomic mass is 16.5. The van der Waals surface area contributed by atoms with Gasteiger partial charge in [0.25, 0.3) is 0 Å². The SMILES string of the molecule is COc1ccc(C2NCC(=O)N2C2CC2C)cc1C. The molecule has 1 aliphatic heterocycles. The van der Waals surface area contributed by atoms with Crippen LogP contribution in [0.25, 0.3) is 0 Å². The summed E-state index contributed by atoms with van der Waals surface area (Å²) in [6.07, 6.45) is 1.14. The number of rotatable bonds is 3. The smallest absolute Gasteiger partial charge is 0.238 e. The van der Waals surface area contributed by atoms with Crippen molar-refractivity contribution in [3.05, 3.63) is 29.3 Å². The molecular formula is C15H20N2O2. The molecule has 0 radical (unpaired) electrons. The highest BCUT2D eigenvalue weighted by molar-refractivity contribution is 5.81. The highest BCUT2D eigenvalue weighted by Gasteiger charge is 2.46. The Morgan fingerprint density at radius 3 is 2.74 bits per heavy atom. The van der Waals surface area contributed by atoms with Crippen molar-refractivity contribution in [2.24, 2.45) is 5.92 Å². The molecule has 1 amide bonds. The van der Waals surface area contributed by atoms with E-state index >= 15 is 0 Å². The maximum atomic E-state index is 12.0. The summed E-state index contributed by atoms with van der Waals surface area (Å²) in [4.78, 5) is 14.1. The van der Waals surface area contributed by atoms with Gasteiger partial charge in [-0.25, -0.2) is 0 Å². The van der Waals surface area contributed by atoms with Gasteiger partial charge < -0.3 is 9.64 Å². The van der Waals surface area contributed by atoms with Crippen molar-refractivity contribution >= 4 is 5.91 Å². The van der Waals surface area contributed by atoms with Gasteiger partial charge >= 0.3 is 0 Å². The van der Waals surface area contributed by atoms with Gasteiger partial charge in [-0.1, -0.05) is 13.0 Å². The van der Waals surface area contributed by atoms with Gasteiger partial charge in [0.2, 0.25) is 5.91 Å². The molecular weight excluding hydrogens is 240 g/mol. The average molecular weight is 260 g/mol. The molecule has 1 aromatic carbocycles. The molecule has 2 fully saturated rings. The zero-order chi connectivity index (χ0) is 13.6. The second kappa shape index (κ2) is 4.53. The molecule has 1 saturated heterocycles. The highest BCUT2D eigenvalue weighted by Crippen LogP contribution is 2.41. The zero-order valence-corrected chi connectivity index (χ0v) is 11.6. The summed E-state index contributed by atoms with van der Waals surface area (Å²) < 4.78 is 5.29. The summed E-state index contributed by atoms with van der Waals surface area (Å²) in [6, 6.07) is 6.54. The Kier molecular flexibility index (Phi) is 2.97. The summed E-state index contributed by atoms with van der Waals surface area (Å²) in [5.74, 6) is 1.73. The molecule has 19 heavy (non-hydrogen) atoms. The van der Waals surface area contributed by atoms with E-state index in [0.717, 1.165) is 23.3 Å². The first kappa shape index (κ1) is 12.5. The number of hydrogen-bond acceptors (Lipinski definition) is 3. The summed E-state index contributed by atoms with van der Waals surface area (Å²) in [7, 11) is 1.68. The zero-order valence-electron chi connectivity index (χ0n) is 11.6. The lowest BCUT2D eigenvalue weighted by Crippen LogP contribution is -2.33. The van der Waals surface area contributed by atoms with Crippen molar-refractivity contribution in [3.8, 4) is 5.75 Å². The fourth-order valence-corrected chi connectivity index (χ4v) is 2.93. The van der Waals surface area contributed by atoms with Gasteiger partial charge in [0.1, 0.15) is 11.9 Å². The van der Waals surface area contributed by atoms with Crippen molar-refractivity contribution in [2.75, 3.05) is 13.7 Å². The average Bonchev–Trinajstić information content (AvgIpc) is 2.97. The van der Waals surface area contributed by atoms with Crippen molar-refractivity contribution in [3.63, 3.8) is 0 Å².